The van der Waals surface area contributed by atoms with Crippen LogP contribution in [0.25, 0.3) is 0 Å². The number of hydrogen-bond donors (Lipinski definition) is 1. The van der Waals surface area contributed by atoms with E-state index in [9.17, 15) is 14.5 Å². The number of hydrogen-bond acceptors (Lipinski definition) is 5. The van der Waals surface area contributed by atoms with Crippen LogP contribution in [0.1, 0.15) is 79.6 Å². The molecule has 0 aromatic carbocycles. The molecule has 0 saturated heterocycles. The van der Waals surface area contributed by atoms with Gasteiger partial charge in [-0.2, -0.15) is 0 Å². The molecule has 4 rings (SSSR count). The minimum Gasteiger partial charge on any atom is -0.393 e. The van der Waals surface area contributed by atoms with Crippen molar-refractivity contribution in [1.82, 2.24) is 0 Å². The van der Waals surface area contributed by atoms with Gasteiger partial charge in [-0.25, -0.2) is 0 Å². The van der Waals surface area contributed by atoms with Crippen molar-refractivity contribution >= 4 is 13.4 Å². The second-order valence-corrected chi connectivity index (χ2v) is 13.2. The molecule has 0 aromatic heterocycles. The van der Waals surface area contributed by atoms with Gasteiger partial charge in [0.1, 0.15) is 5.78 Å². The van der Waals surface area contributed by atoms with Crippen LogP contribution in [0.2, 0.25) is 0 Å². The molecule has 3 fully saturated rings. The molecule has 0 aromatic rings. The molecule has 176 valence electrons. The van der Waals surface area contributed by atoms with Crippen molar-refractivity contribution in [3.05, 3.63) is 11.6 Å². The van der Waals surface area contributed by atoms with Crippen molar-refractivity contribution in [3.63, 3.8) is 0 Å². The van der Waals surface area contributed by atoms with Crippen molar-refractivity contribution < 1.29 is 23.5 Å². The lowest BCUT2D eigenvalue weighted by molar-refractivity contribution is -0.127. The summed E-state index contributed by atoms with van der Waals surface area (Å²) >= 11 is 0. The molecule has 6 heteroatoms. The molecule has 0 aliphatic heterocycles. The van der Waals surface area contributed by atoms with Crippen LogP contribution in [0.3, 0.4) is 0 Å². The third-order valence-corrected chi connectivity index (χ3v) is 12.1. The topological polar surface area (TPSA) is 72.8 Å². The van der Waals surface area contributed by atoms with E-state index in [1.54, 1.807) is 6.92 Å². The zero-order valence-corrected chi connectivity index (χ0v) is 20.8. The van der Waals surface area contributed by atoms with Crippen LogP contribution in [-0.2, 0) is 18.4 Å². The molecule has 0 heterocycles. The summed E-state index contributed by atoms with van der Waals surface area (Å²) in [4.78, 5) is 13.0. The Bertz CT molecular complexity index is 783. The molecule has 5 nitrogen and oxygen atoms in total. The highest BCUT2D eigenvalue weighted by atomic mass is 31.2. The second-order valence-electron chi connectivity index (χ2n) is 11.0. The van der Waals surface area contributed by atoms with E-state index in [0.717, 1.165) is 44.9 Å². The monoisotopic (exact) mass is 452 g/mol. The predicted molar refractivity (Wildman–Crippen MR) is 122 cm³/mol. The molecule has 0 bridgehead atoms. The lowest BCUT2D eigenvalue weighted by atomic mass is 9.47. The first-order valence-electron chi connectivity index (χ1n) is 12.4. The summed E-state index contributed by atoms with van der Waals surface area (Å²) in [5.74, 6) is 1.27. The van der Waals surface area contributed by atoms with Gasteiger partial charge in [0.05, 0.1) is 25.0 Å². The maximum Gasteiger partial charge on any atom is 0.334 e. The molecule has 0 spiro atoms. The fourth-order valence-corrected chi connectivity index (χ4v) is 10.9. The van der Waals surface area contributed by atoms with E-state index in [1.807, 2.05) is 13.8 Å². The molecule has 31 heavy (non-hydrogen) atoms. The van der Waals surface area contributed by atoms with Crippen molar-refractivity contribution in [3.8, 4) is 0 Å². The van der Waals surface area contributed by atoms with Gasteiger partial charge in [0, 0.05) is 5.92 Å². The van der Waals surface area contributed by atoms with Crippen LogP contribution in [0.4, 0.5) is 0 Å². The number of carbonyl (C=O) groups is 1. The summed E-state index contributed by atoms with van der Waals surface area (Å²) < 4.78 is 25.4. The third kappa shape index (κ3) is 3.63. The Labute approximate surface area is 187 Å². The van der Waals surface area contributed by atoms with Crippen LogP contribution in [0, 0.1) is 34.5 Å². The standard InChI is InChI=1S/C25H41O5P/c1-6-29-31(28,30-7-2)22-15-21-19-9-8-17-14-18(27)10-12-24(17,4)20(19)11-13-25(21,5)23(22)16(3)26/h8,18-23,27H,6-7,9-15H2,1-5H3/t18-,19-,20+,21+,22+,23+,24+,25+/m1/s1. The molecule has 1 N–H and O–H groups in total. The Kier molecular flexibility index (Phi) is 6.40. The maximum absolute atomic E-state index is 13.9. The van der Waals surface area contributed by atoms with Gasteiger partial charge in [-0.3, -0.25) is 9.36 Å². The van der Waals surface area contributed by atoms with Gasteiger partial charge >= 0.3 is 7.60 Å². The summed E-state index contributed by atoms with van der Waals surface area (Å²) in [6.07, 6.45) is 8.78. The molecule has 0 amide bonds. The molecular weight excluding hydrogens is 411 g/mol. The highest BCUT2D eigenvalue weighted by Gasteiger charge is 2.65. The predicted octanol–water partition coefficient (Wildman–Crippen LogP) is 5.76. The Balaban J connectivity index is 1.71. The fraction of sp³-hybridized carbons (Fsp3) is 0.880. The Morgan fingerprint density at radius 1 is 1.16 bits per heavy atom. The summed E-state index contributed by atoms with van der Waals surface area (Å²) in [7, 11) is -3.36. The molecule has 8 atom stereocenters. The van der Waals surface area contributed by atoms with E-state index in [4.69, 9.17) is 9.05 Å². The summed E-state index contributed by atoms with van der Waals surface area (Å²) in [5.41, 5.74) is 1.10. The van der Waals surface area contributed by atoms with Crippen LogP contribution < -0.4 is 0 Å². The van der Waals surface area contributed by atoms with Gasteiger partial charge in [0.2, 0.25) is 0 Å². The van der Waals surface area contributed by atoms with Gasteiger partial charge in [0.25, 0.3) is 0 Å². The lowest BCUT2D eigenvalue weighted by Crippen LogP contribution is -2.51. The summed E-state index contributed by atoms with van der Waals surface area (Å²) in [6.45, 7) is 10.7. The van der Waals surface area contributed by atoms with E-state index in [2.05, 4.69) is 19.9 Å². The van der Waals surface area contributed by atoms with Crippen molar-refractivity contribution in [2.45, 2.75) is 91.3 Å². The Morgan fingerprint density at radius 3 is 2.45 bits per heavy atom. The Morgan fingerprint density at radius 2 is 1.84 bits per heavy atom. The van der Waals surface area contributed by atoms with Gasteiger partial charge in [-0.05, 0) is 94.3 Å². The van der Waals surface area contributed by atoms with Gasteiger partial charge in [0.15, 0.2) is 0 Å². The fourth-order valence-electron chi connectivity index (χ4n) is 8.29. The maximum atomic E-state index is 13.9. The van der Waals surface area contributed by atoms with E-state index >= 15 is 0 Å². The quantitative estimate of drug-likeness (QED) is 0.410. The minimum absolute atomic E-state index is 0.132. The van der Waals surface area contributed by atoms with Gasteiger partial charge in [-0.15, -0.1) is 0 Å². The van der Waals surface area contributed by atoms with Crippen molar-refractivity contribution in [2.24, 2.45) is 34.5 Å². The molecule has 4 aliphatic rings. The SMILES string of the molecule is CCOP(=O)(OCC)[C@H]1C[C@H]2[C@@H]3CC=C4C[C@H](O)CC[C@]4(C)[C@H]3CC[C@]2(C)[C@H]1C(C)=O. The average Bonchev–Trinajstić information content (AvgIpc) is 3.03. The average molecular weight is 453 g/mol. The first kappa shape index (κ1) is 23.7. The first-order valence-corrected chi connectivity index (χ1v) is 14.0. The number of Topliss-reactive ketones (excluding diaryl/α,β-unsaturated/α-hetero) is 1. The highest BCUT2D eigenvalue weighted by molar-refractivity contribution is 7.54. The number of rotatable bonds is 6. The highest BCUT2D eigenvalue weighted by Crippen LogP contribution is 2.72. The first-order chi connectivity index (χ1) is 14.6. The number of ketones is 1. The van der Waals surface area contributed by atoms with E-state index < -0.39 is 7.60 Å². The van der Waals surface area contributed by atoms with Crippen LogP contribution >= 0.6 is 7.60 Å². The molecule has 4 aliphatic carbocycles. The van der Waals surface area contributed by atoms with Crippen LogP contribution in [-0.4, -0.2) is 35.9 Å². The number of allylic oxidation sites excluding steroid dienone is 1. The van der Waals surface area contributed by atoms with Crippen molar-refractivity contribution in [2.75, 3.05) is 13.2 Å². The number of fused-ring (bicyclic) bond motifs is 5. The zero-order valence-electron chi connectivity index (χ0n) is 19.9. The normalized spacial score (nSPS) is 44.8. The Hall–Kier alpha value is -0.480. The van der Waals surface area contributed by atoms with Crippen LogP contribution in [0.15, 0.2) is 11.6 Å². The third-order valence-electron chi connectivity index (χ3n) is 9.57. The summed E-state index contributed by atoms with van der Waals surface area (Å²) in [6, 6.07) is 0. The lowest BCUT2D eigenvalue weighted by Gasteiger charge is -2.57. The number of aliphatic hydroxyl groups is 1. The van der Waals surface area contributed by atoms with E-state index in [1.165, 1.54) is 5.57 Å². The van der Waals surface area contributed by atoms with Crippen LogP contribution in [0.5, 0.6) is 0 Å². The largest absolute Gasteiger partial charge is 0.393 e. The molecule has 3 saturated carbocycles. The van der Waals surface area contributed by atoms with Crippen molar-refractivity contribution in [1.29, 1.82) is 0 Å². The smallest absolute Gasteiger partial charge is 0.334 e. The van der Waals surface area contributed by atoms with Gasteiger partial charge < -0.3 is 14.2 Å². The van der Waals surface area contributed by atoms with Gasteiger partial charge in [-0.1, -0.05) is 25.5 Å². The minimum atomic E-state index is -3.36. The molecular formula is C25H41O5P. The second kappa shape index (κ2) is 8.38. The number of carbonyl (C=O) groups excluding carboxylic acids is 1. The zero-order chi connectivity index (χ0) is 22.6. The number of aliphatic hydroxyl groups excluding tert-OH is 1. The van der Waals surface area contributed by atoms with E-state index in [0.29, 0.717) is 31.0 Å². The molecule has 0 radical (unpaired) electrons. The van der Waals surface area contributed by atoms with E-state index in [-0.39, 0.29) is 34.3 Å². The summed E-state index contributed by atoms with van der Waals surface area (Å²) in [5, 5.41) is 10.2. The molecule has 0 unspecified atom stereocenters.